The molecule has 0 amide bonds. The number of pyridine rings is 1. The van der Waals surface area contributed by atoms with Crippen molar-refractivity contribution in [2.24, 2.45) is 0 Å². The van der Waals surface area contributed by atoms with Crippen molar-refractivity contribution in [1.29, 1.82) is 0 Å². The van der Waals surface area contributed by atoms with Gasteiger partial charge in [0, 0.05) is 17.3 Å². The Labute approximate surface area is 163 Å². The summed E-state index contributed by atoms with van der Waals surface area (Å²) in [5.41, 5.74) is 9.24. The van der Waals surface area contributed by atoms with Crippen LogP contribution in [0.2, 0.25) is 0 Å². The van der Waals surface area contributed by atoms with Crippen LogP contribution in [-0.4, -0.2) is 10.6 Å². The van der Waals surface area contributed by atoms with E-state index < -0.39 is 5.60 Å². The third kappa shape index (κ3) is 3.37. The lowest BCUT2D eigenvalue weighted by molar-refractivity contribution is 0.149. The van der Waals surface area contributed by atoms with E-state index in [4.69, 9.17) is 4.74 Å². The first-order valence-corrected chi connectivity index (χ1v) is 9.58. The number of hydrogen-bond acceptors (Lipinski definition) is 2. The fourth-order valence-corrected chi connectivity index (χ4v) is 3.99. The molecule has 1 aromatic carbocycles. The van der Waals surface area contributed by atoms with E-state index >= 15 is 0 Å². The van der Waals surface area contributed by atoms with Crippen molar-refractivity contribution in [1.82, 2.24) is 4.98 Å². The van der Waals surface area contributed by atoms with Gasteiger partial charge in [0.1, 0.15) is 11.4 Å². The highest BCUT2D eigenvalue weighted by Gasteiger charge is 2.37. The summed E-state index contributed by atoms with van der Waals surface area (Å²) in [7, 11) is 0. The number of benzene rings is 1. The molecule has 0 bridgehead atoms. The van der Waals surface area contributed by atoms with Crippen molar-refractivity contribution in [3.8, 4) is 5.75 Å². The second-order valence-corrected chi connectivity index (χ2v) is 7.76. The zero-order valence-electron chi connectivity index (χ0n) is 17.3. The topological polar surface area (TPSA) is 22.1 Å². The van der Waals surface area contributed by atoms with Crippen LogP contribution < -0.4 is 4.74 Å². The third-order valence-electron chi connectivity index (χ3n) is 5.53. The maximum Gasteiger partial charge on any atom is 0.146 e. The lowest BCUT2D eigenvalue weighted by Gasteiger charge is -2.38. The van der Waals surface area contributed by atoms with Crippen LogP contribution in [0.3, 0.4) is 0 Å². The average molecular weight is 360 g/mol. The van der Waals surface area contributed by atoms with Crippen LogP contribution in [0.25, 0.3) is 11.1 Å². The van der Waals surface area contributed by atoms with E-state index in [2.05, 4.69) is 77.4 Å². The van der Waals surface area contributed by atoms with Crippen LogP contribution >= 0.6 is 0 Å². The Kier molecular flexibility index (Phi) is 5.10. The summed E-state index contributed by atoms with van der Waals surface area (Å²) in [5, 5.41) is 0. The van der Waals surface area contributed by atoms with Gasteiger partial charge >= 0.3 is 0 Å². The predicted octanol–water partition coefficient (Wildman–Crippen LogP) is 6.77. The number of fused-ring (bicyclic) bond motifs is 1. The summed E-state index contributed by atoms with van der Waals surface area (Å²) in [6.45, 7) is 17.3. The molecule has 2 heteroatoms. The third-order valence-corrected chi connectivity index (χ3v) is 5.53. The first-order chi connectivity index (χ1) is 12.8. The number of aromatic nitrogens is 1. The predicted molar refractivity (Wildman–Crippen MR) is 115 cm³/mol. The summed E-state index contributed by atoms with van der Waals surface area (Å²) < 4.78 is 6.42. The second-order valence-electron chi connectivity index (χ2n) is 7.76. The molecule has 3 rings (SSSR count). The Bertz CT molecular complexity index is 960. The second kappa shape index (κ2) is 7.19. The smallest absolute Gasteiger partial charge is 0.146 e. The largest absolute Gasteiger partial charge is 0.481 e. The SMILES string of the molecule is C=C(CC)/C(C)=C(/C1=C(C)c2ccncc2OC1(C)C)c1ccccc1C. The Morgan fingerprint density at radius 1 is 1.15 bits per heavy atom. The lowest BCUT2D eigenvalue weighted by atomic mass is 9.76. The Hall–Kier alpha value is -2.61. The fourth-order valence-electron chi connectivity index (χ4n) is 3.99. The van der Waals surface area contributed by atoms with E-state index in [0.29, 0.717) is 0 Å². The molecular formula is C25H29NO. The van der Waals surface area contributed by atoms with Crippen LogP contribution in [0, 0.1) is 6.92 Å². The molecule has 27 heavy (non-hydrogen) atoms. The molecule has 0 saturated carbocycles. The van der Waals surface area contributed by atoms with Gasteiger partial charge in [0.2, 0.25) is 0 Å². The molecule has 0 spiro atoms. The van der Waals surface area contributed by atoms with Gasteiger partial charge in [-0.3, -0.25) is 4.98 Å². The van der Waals surface area contributed by atoms with E-state index in [9.17, 15) is 0 Å². The number of nitrogens with zero attached hydrogens (tertiary/aromatic N) is 1. The van der Waals surface area contributed by atoms with Crippen LogP contribution in [-0.2, 0) is 0 Å². The van der Waals surface area contributed by atoms with E-state index in [-0.39, 0.29) is 0 Å². The van der Waals surface area contributed by atoms with E-state index in [1.165, 1.54) is 33.4 Å². The van der Waals surface area contributed by atoms with E-state index in [1.54, 1.807) is 0 Å². The van der Waals surface area contributed by atoms with Gasteiger partial charge in [0.15, 0.2) is 0 Å². The van der Waals surface area contributed by atoms with E-state index in [1.807, 2.05) is 18.5 Å². The van der Waals surface area contributed by atoms with Crippen molar-refractivity contribution in [3.05, 3.63) is 82.7 Å². The highest BCUT2D eigenvalue weighted by molar-refractivity contribution is 5.95. The fraction of sp³-hybridized carbons (Fsp3) is 0.320. The van der Waals surface area contributed by atoms with Crippen LogP contribution in [0.1, 0.15) is 57.7 Å². The molecule has 0 N–H and O–H groups in total. The van der Waals surface area contributed by atoms with Gasteiger partial charge < -0.3 is 4.74 Å². The molecule has 2 nitrogen and oxygen atoms in total. The van der Waals surface area contributed by atoms with Crippen molar-refractivity contribution in [2.45, 2.75) is 53.6 Å². The maximum atomic E-state index is 6.42. The van der Waals surface area contributed by atoms with Gasteiger partial charge in [-0.15, -0.1) is 0 Å². The van der Waals surface area contributed by atoms with Gasteiger partial charge in [-0.2, -0.15) is 0 Å². The number of rotatable bonds is 4. The van der Waals surface area contributed by atoms with Crippen molar-refractivity contribution in [3.63, 3.8) is 0 Å². The van der Waals surface area contributed by atoms with Crippen LogP contribution in [0.5, 0.6) is 5.75 Å². The monoisotopic (exact) mass is 359 g/mol. The molecule has 0 saturated heterocycles. The van der Waals surface area contributed by atoms with Gasteiger partial charge in [-0.05, 0) is 75.0 Å². The molecule has 1 aromatic heterocycles. The minimum Gasteiger partial charge on any atom is -0.481 e. The standard InChI is InChI=1S/C25H29NO/c1-8-16(2)18(4)23(20-12-10-9-11-17(20)3)24-19(5)21-13-14-26-15-22(21)27-25(24,6)7/h9-15H,2,8H2,1,3-7H3/b23-18+. The highest BCUT2D eigenvalue weighted by Crippen LogP contribution is 2.47. The number of hydrogen-bond donors (Lipinski definition) is 0. The van der Waals surface area contributed by atoms with Crippen LogP contribution in [0.15, 0.2) is 66.0 Å². The van der Waals surface area contributed by atoms with Gasteiger partial charge in [-0.25, -0.2) is 0 Å². The molecule has 1 aliphatic heterocycles. The van der Waals surface area contributed by atoms with E-state index in [0.717, 1.165) is 23.3 Å². The summed E-state index contributed by atoms with van der Waals surface area (Å²) in [6, 6.07) is 10.6. The zero-order chi connectivity index (χ0) is 19.8. The molecule has 2 aromatic rings. The zero-order valence-corrected chi connectivity index (χ0v) is 17.3. The van der Waals surface area contributed by atoms with Crippen molar-refractivity contribution < 1.29 is 4.74 Å². The molecule has 1 aliphatic rings. The first kappa shape index (κ1) is 19.2. The quantitative estimate of drug-likeness (QED) is 0.562. The Balaban J connectivity index is 2.39. The average Bonchev–Trinajstić information content (AvgIpc) is 2.64. The minimum absolute atomic E-state index is 0.465. The summed E-state index contributed by atoms with van der Waals surface area (Å²) >= 11 is 0. The van der Waals surface area contributed by atoms with Crippen molar-refractivity contribution in [2.75, 3.05) is 0 Å². The van der Waals surface area contributed by atoms with Gasteiger partial charge in [0.25, 0.3) is 0 Å². The van der Waals surface area contributed by atoms with Crippen LogP contribution in [0.4, 0.5) is 0 Å². The maximum absolute atomic E-state index is 6.42. The molecule has 0 fully saturated rings. The summed E-state index contributed by atoms with van der Waals surface area (Å²) in [4.78, 5) is 4.24. The summed E-state index contributed by atoms with van der Waals surface area (Å²) in [5.74, 6) is 0.847. The molecule has 140 valence electrons. The summed E-state index contributed by atoms with van der Waals surface area (Å²) in [6.07, 6.45) is 4.57. The molecule has 0 aliphatic carbocycles. The molecule has 0 unspecified atom stereocenters. The van der Waals surface area contributed by atoms with Crippen molar-refractivity contribution >= 4 is 11.1 Å². The normalized spacial score (nSPS) is 16.4. The number of aryl methyl sites for hydroxylation is 1. The molecule has 0 atom stereocenters. The van der Waals surface area contributed by atoms with Gasteiger partial charge in [0.05, 0.1) is 6.20 Å². The molecule has 0 radical (unpaired) electrons. The highest BCUT2D eigenvalue weighted by atomic mass is 16.5. The molecule has 2 heterocycles. The minimum atomic E-state index is -0.465. The first-order valence-electron chi connectivity index (χ1n) is 9.58. The Morgan fingerprint density at radius 2 is 1.85 bits per heavy atom. The number of ether oxygens (including phenoxy) is 1. The number of allylic oxidation sites excluding steroid dienone is 3. The lowest BCUT2D eigenvalue weighted by Crippen LogP contribution is -2.35. The van der Waals surface area contributed by atoms with Gasteiger partial charge in [-0.1, -0.05) is 43.3 Å². The molecular weight excluding hydrogens is 330 g/mol. The Morgan fingerprint density at radius 3 is 2.52 bits per heavy atom.